The lowest BCUT2D eigenvalue weighted by molar-refractivity contribution is -0.121. The molecule has 1 aliphatic rings. The molecule has 3 aromatic carbocycles. The summed E-state index contributed by atoms with van der Waals surface area (Å²) in [5.74, 6) is 0.616. The van der Waals surface area contributed by atoms with Crippen molar-refractivity contribution in [1.29, 1.82) is 0 Å². The molecular formula is C26H26ClN3O6S. The van der Waals surface area contributed by atoms with Crippen LogP contribution in [-0.4, -0.2) is 58.4 Å². The van der Waals surface area contributed by atoms with Crippen LogP contribution in [0.3, 0.4) is 0 Å². The summed E-state index contributed by atoms with van der Waals surface area (Å²) in [7, 11) is -0.709. The van der Waals surface area contributed by atoms with E-state index < -0.39 is 15.9 Å². The Bertz CT molecular complexity index is 1390. The first kappa shape index (κ1) is 26.5. The fraction of sp³-hybridized carbons (Fsp3) is 0.231. The van der Waals surface area contributed by atoms with Crippen LogP contribution in [0.1, 0.15) is 16.8 Å². The van der Waals surface area contributed by atoms with Crippen molar-refractivity contribution >= 4 is 44.8 Å². The molecule has 1 aliphatic heterocycles. The standard InChI is InChI=1S/C26H26ClN3O6S/c1-29(2)37(33,34)22-11-4-18(5-12-22)26(32)28-20-8-13-24-23(16-20)30(25(31)17-36-24)14-3-15-35-21-9-6-19(27)7-10-21/h4-13,16H,3,14-15,17H2,1-2H3,(H,28,32). The number of benzene rings is 3. The van der Waals surface area contributed by atoms with Gasteiger partial charge in [0.25, 0.3) is 11.8 Å². The van der Waals surface area contributed by atoms with Gasteiger partial charge in [0.15, 0.2) is 6.61 Å². The summed E-state index contributed by atoms with van der Waals surface area (Å²) in [6.45, 7) is 0.735. The second kappa shape index (κ2) is 11.2. The SMILES string of the molecule is CN(C)S(=O)(=O)c1ccc(C(=O)Nc2ccc3c(c2)N(CCCOc2ccc(Cl)cc2)C(=O)CO3)cc1. The molecule has 0 saturated carbocycles. The van der Waals surface area contributed by atoms with E-state index in [0.29, 0.717) is 53.0 Å². The molecular weight excluding hydrogens is 518 g/mol. The van der Waals surface area contributed by atoms with E-state index in [1.165, 1.54) is 38.4 Å². The smallest absolute Gasteiger partial charge is 0.265 e. The zero-order valence-electron chi connectivity index (χ0n) is 20.3. The third-order valence-electron chi connectivity index (χ3n) is 5.66. The summed E-state index contributed by atoms with van der Waals surface area (Å²) < 4.78 is 36.9. The molecule has 0 fully saturated rings. The number of carbonyl (C=O) groups excluding carboxylic acids is 2. The van der Waals surface area contributed by atoms with Gasteiger partial charge in [0.05, 0.1) is 17.2 Å². The van der Waals surface area contributed by atoms with Crippen LogP contribution in [0.2, 0.25) is 5.02 Å². The number of nitrogens with zero attached hydrogens (tertiary/aromatic N) is 2. The van der Waals surface area contributed by atoms with E-state index >= 15 is 0 Å². The lowest BCUT2D eigenvalue weighted by atomic mass is 10.1. The van der Waals surface area contributed by atoms with Crippen LogP contribution in [0.4, 0.5) is 11.4 Å². The minimum absolute atomic E-state index is 0.0705. The van der Waals surface area contributed by atoms with Crippen molar-refractivity contribution in [1.82, 2.24) is 4.31 Å². The van der Waals surface area contributed by atoms with Gasteiger partial charge in [-0.05, 0) is 73.2 Å². The minimum Gasteiger partial charge on any atom is -0.494 e. The lowest BCUT2D eigenvalue weighted by Gasteiger charge is -2.30. The molecule has 9 nitrogen and oxygen atoms in total. The molecule has 3 aromatic rings. The van der Waals surface area contributed by atoms with Gasteiger partial charge in [0.1, 0.15) is 11.5 Å². The number of rotatable bonds is 9. The summed E-state index contributed by atoms with van der Waals surface area (Å²) in [5, 5.41) is 3.42. The first-order valence-electron chi connectivity index (χ1n) is 11.4. The lowest BCUT2D eigenvalue weighted by Crippen LogP contribution is -2.39. The fourth-order valence-corrected chi connectivity index (χ4v) is 4.69. The van der Waals surface area contributed by atoms with Crippen LogP contribution < -0.4 is 19.7 Å². The van der Waals surface area contributed by atoms with Gasteiger partial charge in [-0.3, -0.25) is 9.59 Å². The van der Waals surface area contributed by atoms with Crippen molar-refractivity contribution in [3.63, 3.8) is 0 Å². The van der Waals surface area contributed by atoms with E-state index in [1.807, 2.05) is 0 Å². The summed E-state index contributed by atoms with van der Waals surface area (Å²) in [6, 6.07) is 17.8. The molecule has 1 heterocycles. The molecule has 194 valence electrons. The quantitative estimate of drug-likeness (QED) is 0.408. The molecule has 0 atom stereocenters. The second-order valence-electron chi connectivity index (χ2n) is 8.44. The zero-order chi connectivity index (χ0) is 26.6. The first-order chi connectivity index (χ1) is 17.6. The fourth-order valence-electron chi connectivity index (χ4n) is 3.66. The topological polar surface area (TPSA) is 105 Å². The Morgan fingerprint density at radius 3 is 2.46 bits per heavy atom. The molecule has 11 heteroatoms. The average molecular weight is 544 g/mol. The van der Waals surface area contributed by atoms with Crippen LogP contribution in [-0.2, 0) is 14.8 Å². The number of nitrogens with one attached hydrogen (secondary N) is 1. The van der Waals surface area contributed by atoms with Crippen molar-refractivity contribution in [2.45, 2.75) is 11.3 Å². The van der Waals surface area contributed by atoms with Gasteiger partial charge >= 0.3 is 0 Å². The second-order valence-corrected chi connectivity index (χ2v) is 11.0. The molecule has 0 aromatic heterocycles. The Kier molecular flexibility index (Phi) is 8.01. The summed E-state index contributed by atoms with van der Waals surface area (Å²) in [6.07, 6.45) is 0.576. The van der Waals surface area contributed by atoms with E-state index in [9.17, 15) is 18.0 Å². The van der Waals surface area contributed by atoms with Gasteiger partial charge in [-0.1, -0.05) is 11.6 Å². The van der Waals surface area contributed by atoms with Crippen molar-refractivity contribution in [2.75, 3.05) is 44.1 Å². The van der Waals surface area contributed by atoms with Gasteiger partial charge in [-0.2, -0.15) is 0 Å². The van der Waals surface area contributed by atoms with Gasteiger partial charge in [-0.15, -0.1) is 0 Å². The molecule has 4 rings (SSSR count). The highest BCUT2D eigenvalue weighted by atomic mass is 35.5. The van der Waals surface area contributed by atoms with Crippen molar-refractivity contribution in [2.24, 2.45) is 0 Å². The van der Waals surface area contributed by atoms with E-state index in [-0.39, 0.29) is 17.4 Å². The minimum atomic E-state index is -3.59. The van der Waals surface area contributed by atoms with Crippen LogP contribution in [0.15, 0.2) is 71.6 Å². The highest BCUT2D eigenvalue weighted by Gasteiger charge is 2.26. The van der Waals surface area contributed by atoms with Crippen molar-refractivity contribution in [3.8, 4) is 11.5 Å². The molecule has 0 bridgehead atoms. The van der Waals surface area contributed by atoms with Crippen LogP contribution in [0.5, 0.6) is 11.5 Å². The maximum Gasteiger partial charge on any atom is 0.265 e. The third-order valence-corrected chi connectivity index (χ3v) is 7.74. The van der Waals surface area contributed by atoms with Gasteiger partial charge in [-0.25, -0.2) is 12.7 Å². The van der Waals surface area contributed by atoms with Crippen LogP contribution >= 0.6 is 11.6 Å². The average Bonchev–Trinajstić information content (AvgIpc) is 2.88. The molecule has 2 amide bonds. The van der Waals surface area contributed by atoms with E-state index in [1.54, 1.807) is 47.4 Å². The highest BCUT2D eigenvalue weighted by Crippen LogP contribution is 2.35. The number of hydrogen-bond donors (Lipinski definition) is 1. The van der Waals surface area contributed by atoms with Gasteiger partial charge in [0.2, 0.25) is 10.0 Å². The number of carbonyl (C=O) groups is 2. The molecule has 0 aliphatic carbocycles. The highest BCUT2D eigenvalue weighted by molar-refractivity contribution is 7.89. The molecule has 37 heavy (non-hydrogen) atoms. The summed E-state index contributed by atoms with van der Waals surface area (Å²) in [4.78, 5) is 27.1. The number of halogens is 1. The number of sulfonamides is 1. The summed E-state index contributed by atoms with van der Waals surface area (Å²) in [5.41, 5.74) is 1.31. The van der Waals surface area contributed by atoms with Gasteiger partial charge in [0, 0.05) is 36.9 Å². The van der Waals surface area contributed by atoms with Crippen molar-refractivity contribution in [3.05, 3.63) is 77.3 Å². The Morgan fingerprint density at radius 2 is 1.78 bits per heavy atom. The summed E-state index contributed by atoms with van der Waals surface area (Å²) >= 11 is 5.89. The number of fused-ring (bicyclic) bond motifs is 1. The number of hydrogen-bond acceptors (Lipinski definition) is 6. The monoisotopic (exact) mass is 543 g/mol. The number of ether oxygens (including phenoxy) is 2. The Labute approximate surface area is 220 Å². The normalized spacial score (nSPS) is 13.2. The van der Waals surface area contributed by atoms with Crippen LogP contribution in [0.25, 0.3) is 0 Å². The third kappa shape index (κ3) is 6.22. The predicted octanol–water partition coefficient (Wildman–Crippen LogP) is 4.04. The van der Waals surface area contributed by atoms with Gasteiger partial charge < -0.3 is 19.7 Å². The molecule has 0 saturated heterocycles. The largest absolute Gasteiger partial charge is 0.494 e. The van der Waals surface area contributed by atoms with E-state index in [4.69, 9.17) is 21.1 Å². The molecule has 1 N–H and O–H groups in total. The molecule has 0 spiro atoms. The number of anilines is 2. The van der Waals surface area contributed by atoms with Crippen molar-refractivity contribution < 1.29 is 27.5 Å². The Hall–Kier alpha value is -3.60. The predicted molar refractivity (Wildman–Crippen MR) is 141 cm³/mol. The maximum absolute atomic E-state index is 12.8. The molecule has 0 radical (unpaired) electrons. The van der Waals surface area contributed by atoms with E-state index in [0.717, 1.165) is 4.31 Å². The number of amides is 2. The molecule has 0 unspecified atom stereocenters. The zero-order valence-corrected chi connectivity index (χ0v) is 21.9. The Morgan fingerprint density at radius 1 is 1.08 bits per heavy atom. The first-order valence-corrected chi connectivity index (χ1v) is 13.3. The van der Waals surface area contributed by atoms with Crippen LogP contribution in [0, 0.1) is 0 Å². The van der Waals surface area contributed by atoms with E-state index in [2.05, 4.69) is 5.32 Å². The Balaban J connectivity index is 1.42. The maximum atomic E-state index is 12.8.